The number of fused-ring (bicyclic) bond motifs is 1. The molecule has 0 N–H and O–H groups in total. The van der Waals surface area contributed by atoms with Crippen LogP contribution in [0.4, 0.5) is 0 Å². The topological polar surface area (TPSA) is 79.1 Å². The molecule has 8 heteroatoms. The Morgan fingerprint density at radius 3 is 2.44 bits per heavy atom. The molecular formula is C26H26N2O5S. The summed E-state index contributed by atoms with van der Waals surface area (Å²) in [6, 6.07) is 12.6. The van der Waals surface area contributed by atoms with Gasteiger partial charge in [0, 0.05) is 0 Å². The van der Waals surface area contributed by atoms with Crippen molar-refractivity contribution in [1.82, 2.24) is 4.57 Å². The molecule has 3 aromatic rings. The third-order valence-corrected chi connectivity index (χ3v) is 6.60. The van der Waals surface area contributed by atoms with Crippen LogP contribution in [0.5, 0.6) is 11.5 Å². The number of methoxy groups -OCH3 is 2. The second kappa shape index (κ2) is 9.69. The predicted octanol–water partition coefficient (Wildman–Crippen LogP) is 3.12. The number of allylic oxidation sites excluding steroid dienone is 1. The first-order chi connectivity index (χ1) is 16.4. The first kappa shape index (κ1) is 23.5. The fraction of sp³-hybridized carbons (Fsp3) is 0.269. The van der Waals surface area contributed by atoms with Crippen molar-refractivity contribution in [3.8, 4) is 11.5 Å². The summed E-state index contributed by atoms with van der Waals surface area (Å²) in [5, 5.41) is 0. The van der Waals surface area contributed by atoms with Gasteiger partial charge in [-0.25, -0.2) is 9.79 Å². The van der Waals surface area contributed by atoms with Crippen molar-refractivity contribution < 1.29 is 19.0 Å². The van der Waals surface area contributed by atoms with Gasteiger partial charge in [-0.15, -0.1) is 0 Å². The maximum absolute atomic E-state index is 13.6. The number of aryl methyl sites for hydroxylation is 1. The number of ether oxygens (including phenoxy) is 3. The maximum Gasteiger partial charge on any atom is 0.338 e. The molecule has 0 saturated carbocycles. The molecule has 2 heterocycles. The Labute approximate surface area is 201 Å². The van der Waals surface area contributed by atoms with Crippen molar-refractivity contribution in [3.05, 3.63) is 90.1 Å². The SMILES string of the molecule is CCOC(=O)C1=C(C)N=c2sc(=Cc3ccc(OC)c(OC)c3)c(=O)n2C1c1ccc(C)cc1. The lowest BCUT2D eigenvalue weighted by Crippen LogP contribution is -2.39. The molecule has 34 heavy (non-hydrogen) atoms. The highest BCUT2D eigenvalue weighted by atomic mass is 32.1. The van der Waals surface area contributed by atoms with Gasteiger partial charge in [0.25, 0.3) is 5.56 Å². The summed E-state index contributed by atoms with van der Waals surface area (Å²) < 4.78 is 18.1. The predicted molar refractivity (Wildman–Crippen MR) is 131 cm³/mol. The Balaban J connectivity index is 1.92. The van der Waals surface area contributed by atoms with E-state index in [0.29, 0.717) is 32.1 Å². The van der Waals surface area contributed by atoms with E-state index in [1.54, 1.807) is 44.8 Å². The molecular weight excluding hydrogens is 452 g/mol. The summed E-state index contributed by atoms with van der Waals surface area (Å²) in [5.41, 5.74) is 3.39. The Hall–Kier alpha value is -3.65. The zero-order chi connectivity index (χ0) is 24.4. The van der Waals surface area contributed by atoms with Gasteiger partial charge in [0.1, 0.15) is 0 Å². The molecule has 4 rings (SSSR count). The van der Waals surface area contributed by atoms with Gasteiger partial charge >= 0.3 is 5.97 Å². The van der Waals surface area contributed by atoms with Crippen LogP contribution in [0.25, 0.3) is 6.08 Å². The van der Waals surface area contributed by atoms with Crippen LogP contribution >= 0.6 is 11.3 Å². The van der Waals surface area contributed by atoms with E-state index >= 15 is 0 Å². The monoisotopic (exact) mass is 478 g/mol. The molecule has 1 aliphatic rings. The number of benzene rings is 2. The average molecular weight is 479 g/mol. The van der Waals surface area contributed by atoms with Crippen molar-refractivity contribution in [3.63, 3.8) is 0 Å². The molecule has 1 aliphatic heterocycles. The quantitative estimate of drug-likeness (QED) is 0.509. The van der Waals surface area contributed by atoms with E-state index in [-0.39, 0.29) is 12.2 Å². The Kier molecular flexibility index (Phi) is 6.70. The second-order valence-electron chi connectivity index (χ2n) is 7.83. The molecule has 1 aromatic heterocycles. The van der Waals surface area contributed by atoms with Crippen molar-refractivity contribution >= 4 is 23.4 Å². The first-order valence-corrected chi connectivity index (χ1v) is 11.7. The molecule has 1 atom stereocenters. The summed E-state index contributed by atoms with van der Waals surface area (Å²) in [7, 11) is 3.14. The van der Waals surface area contributed by atoms with E-state index in [0.717, 1.165) is 16.7 Å². The number of hydrogen-bond donors (Lipinski definition) is 0. The standard InChI is InChI=1S/C26H26N2O5S/c1-6-33-25(30)22-16(3)27-26-28(23(22)18-10-7-15(2)8-11-18)24(29)21(34-26)14-17-9-12-19(31-4)20(13-17)32-5/h7-14,23H,6H2,1-5H3. The van der Waals surface area contributed by atoms with Crippen LogP contribution in [-0.4, -0.2) is 31.4 Å². The number of thiazole rings is 1. The minimum atomic E-state index is -0.622. The Morgan fingerprint density at radius 1 is 1.09 bits per heavy atom. The maximum atomic E-state index is 13.6. The largest absolute Gasteiger partial charge is 0.493 e. The van der Waals surface area contributed by atoms with E-state index in [4.69, 9.17) is 14.2 Å². The Morgan fingerprint density at radius 2 is 1.79 bits per heavy atom. The average Bonchev–Trinajstić information content (AvgIpc) is 3.13. The molecule has 0 spiro atoms. The van der Waals surface area contributed by atoms with Gasteiger partial charge in [0.2, 0.25) is 0 Å². The minimum Gasteiger partial charge on any atom is -0.493 e. The molecule has 2 aromatic carbocycles. The van der Waals surface area contributed by atoms with Crippen LogP contribution < -0.4 is 24.4 Å². The van der Waals surface area contributed by atoms with Gasteiger partial charge in [0.15, 0.2) is 16.3 Å². The van der Waals surface area contributed by atoms with Crippen LogP contribution in [-0.2, 0) is 9.53 Å². The fourth-order valence-corrected chi connectivity index (χ4v) is 5.00. The van der Waals surface area contributed by atoms with E-state index < -0.39 is 12.0 Å². The number of esters is 1. The number of carbonyl (C=O) groups is 1. The van der Waals surface area contributed by atoms with Crippen LogP contribution in [0.3, 0.4) is 0 Å². The lowest BCUT2D eigenvalue weighted by Gasteiger charge is -2.24. The third kappa shape index (κ3) is 4.28. The molecule has 176 valence electrons. The minimum absolute atomic E-state index is 0.224. The fourth-order valence-electron chi connectivity index (χ4n) is 3.95. The summed E-state index contributed by atoms with van der Waals surface area (Å²) >= 11 is 1.28. The first-order valence-electron chi connectivity index (χ1n) is 10.9. The van der Waals surface area contributed by atoms with Crippen LogP contribution in [0.2, 0.25) is 0 Å². The number of nitrogens with zero attached hydrogens (tertiary/aromatic N) is 2. The van der Waals surface area contributed by atoms with Crippen LogP contribution in [0.1, 0.15) is 36.6 Å². The van der Waals surface area contributed by atoms with E-state index in [9.17, 15) is 9.59 Å². The highest BCUT2D eigenvalue weighted by Crippen LogP contribution is 2.31. The molecule has 0 saturated heterocycles. The zero-order valence-corrected chi connectivity index (χ0v) is 20.6. The summed E-state index contributed by atoms with van der Waals surface area (Å²) in [6.45, 7) is 5.76. The normalized spacial score (nSPS) is 15.6. The van der Waals surface area contributed by atoms with E-state index in [2.05, 4.69) is 4.99 Å². The van der Waals surface area contributed by atoms with Crippen LogP contribution in [0, 0.1) is 6.92 Å². The number of aromatic nitrogens is 1. The number of carbonyl (C=O) groups excluding carboxylic acids is 1. The van der Waals surface area contributed by atoms with E-state index in [1.165, 1.54) is 11.3 Å². The third-order valence-electron chi connectivity index (χ3n) is 5.62. The van der Waals surface area contributed by atoms with Crippen molar-refractivity contribution in [2.24, 2.45) is 4.99 Å². The molecule has 0 radical (unpaired) electrons. The highest BCUT2D eigenvalue weighted by molar-refractivity contribution is 7.07. The van der Waals surface area contributed by atoms with Gasteiger partial charge in [-0.1, -0.05) is 47.2 Å². The Bertz CT molecular complexity index is 1450. The molecule has 0 bridgehead atoms. The van der Waals surface area contributed by atoms with Crippen molar-refractivity contribution in [1.29, 1.82) is 0 Å². The van der Waals surface area contributed by atoms with Gasteiger partial charge < -0.3 is 14.2 Å². The molecule has 1 unspecified atom stereocenters. The van der Waals surface area contributed by atoms with Gasteiger partial charge in [-0.05, 0) is 50.1 Å². The number of rotatable bonds is 6. The lowest BCUT2D eigenvalue weighted by molar-refractivity contribution is -0.139. The molecule has 0 aliphatic carbocycles. The van der Waals surface area contributed by atoms with Crippen molar-refractivity contribution in [2.75, 3.05) is 20.8 Å². The van der Waals surface area contributed by atoms with Gasteiger partial charge in [-0.2, -0.15) is 0 Å². The smallest absolute Gasteiger partial charge is 0.338 e. The summed E-state index contributed by atoms with van der Waals surface area (Å²) in [6.07, 6.45) is 1.79. The van der Waals surface area contributed by atoms with Gasteiger partial charge in [-0.3, -0.25) is 9.36 Å². The second-order valence-corrected chi connectivity index (χ2v) is 8.84. The van der Waals surface area contributed by atoms with Crippen LogP contribution in [0.15, 0.2) is 63.5 Å². The summed E-state index contributed by atoms with van der Waals surface area (Å²) in [4.78, 5) is 31.7. The molecule has 0 amide bonds. The van der Waals surface area contributed by atoms with Gasteiger partial charge in [0.05, 0.1) is 42.7 Å². The molecule has 7 nitrogen and oxygen atoms in total. The summed E-state index contributed by atoms with van der Waals surface area (Å²) in [5.74, 6) is 0.709. The van der Waals surface area contributed by atoms with E-state index in [1.807, 2.05) is 43.3 Å². The number of hydrogen-bond acceptors (Lipinski definition) is 7. The highest BCUT2D eigenvalue weighted by Gasteiger charge is 2.33. The lowest BCUT2D eigenvalue weighted by atomic mass is 9.95. The van der Waals surface area contributed by atoms with Crippen molar-refractivity contribution in [2.45, 2.75) is 26.8 Å². The molecule has 0 fully saturated rings. The zero-order valence-electron chi connectivity index (χ0n) is 19.7.